The molecule has 1 aliphatic rings. The Morgan fingerprint density at radius 3 is 2.65 bits per heavy atom. The highest BCUT2D eigenvalue weighted by Crippen LogP contribution is 2.40. The molecule has 0 aliphatic heterocycles. The van der Waals surface area contributed by atoms with Crippen LogP contribution in [0.4, 0.5) is 10.7 Å². The summed E-state index contributed by atoms with van der Waals surface area (Å²) >= 11 is 8.69. The Balaban J connectivity index is 1.48. The number of thiophene rings is 2. The molecule has 5 rings (SSSR count). The lowest BCUT2D eigenvalue weighted by Crippen LogP contribution is -2.15. The maximum Gasteiger partial charge on any atom is 0.341 e. The van der Waals surface area contributed by atoms with Crippen LogP contribution < -0.4 is 11.1 Å². The molecule has 4 aromatic rings. The molecule has 0 saturated carbocycles. The van der Waals surface area contributed by atoms with Crippen molar-refractivity contribution in [2.24, 2.45) is 0 Å². The number of halogens is 1. The molecule has 0 fully saturated rings. The molecular weight excluding hydrogens is 490 g/mol. The van der Waals surface area contributed by atoms with Crippen molar-refractivity contribution in [2.45, 2.75) is 32.6 Å². The summed E-state index contributed by atoms with van der Waals surface area (Å²) in [5.41, 5.74) is 9.91. The Hall–Kier alpha value is -2.94. The van der Waals surface area contributed by atoms with E-state index in [1.807, 2.05) is 36.4 Å². The van der Waals surface area contributed by atoms with Crippen molar-refractivity contribution in [1.82, 2.24) is 4.98 Å². The van der Waals surface area contributed by atoms with E-state index in [1.165, 1.54) is 22.7 Å². The number of carbonyl (C=O) groups excluding carboxylic acids is 2. The SMILES string of the molecule is CCOC(=O)c1c(NC(=O)c2sc3nc(-c4ccc(Cl)cc4)ccc3c2N)sc2c1CCCC2. The third kappa shape index (κ3) is 4.17. The zero-order valence-electron chi connectivity index (χ0n) is 18.4. The summed E-state index contributed by atoms with van der Waals surface area (Å²) in [5, 5.41) is 4.85. The normalized spacial score (nSPS) is 13.0. The monoisotopic (exact) mass is 511 g/mol. The van der Waals surface area contributed by atoms with Crippen LogP contribution in [0.3, 0.4) is 0 Å². The minimum Gasteiger partial charge on any atom is -0.462 e. The first-order valence-corrected chi connectivity index (χ1v) is 13.0. The third-order valence-electron chi connectivity index (χ3n) is 5.82. The zero-order chi connectivity index (χ0) is 23.8. The molecule has 0 saturated heterocycles. The van der Waals surface area contributed by atoms with Crippen LogP contribution in [0.15, 0.2) is 36.4 Å². The maximum atomic E-state index is 13.3. The van der Waals surface area contributed by atoms with Crippen molar-refractivity contribution in [1.29, 1.82) is 0 Å². The van der Waals surface area contributed by atoms with Crippen LogP contribution in [0.5, 0.6) is 0 Å². The highest BCUT2D eigenvalue weighted by Gasteiger charge is 2.28. The largest absolute Gasteiger partial charge is 0.462 e. The number of aromatic nitrogens is 1. The Morgan fingerprint density at radius 2 is 1.88 bits per heavy atom. The fourth-order valence-corrected chi connectivity index (χ4v) is 6.57. The number of anilines is 2. The van der Waals surface area contributed by atoms with Gasteiger partial charge in [0.05, 0.1) is 23.6 Å². The second-order valence-corrected chi connectivity index (χ2v) is 10.5. The van der Waals surface area contributed by atoms with Gasteiger partial charge in [0, 0.05) is 20.8 Å². The van der Waals surface area contributed by atoms with Crippen molar-refractivity contribution in [2.75, 3.05) is 17.7 Å². The lowest BCUT2D eigenvalue weighted by molar-refractivity contribution is 0.0526. The summed E-state index contributed by atoms with van der Waals surface area (Å²) < 4.78 is 5.29. The van der Waals surface area contributed by atoms with Crippen molar-refractivity contribution in [3.8, 4) is 11.3 Å². The first-order chi connectivity index (χ1) is 16.5. The van der Waals surface area contributed by atoms with Gasteiger partial charge < -0.3 is 15.8 Å². The minimum absolute atomic E-state index is 0.279. The average Bonchev–Trinajstić information content (AvgIpc) is 3.36. The molecule has 0 unspecified atom stereocenters. The van der Waals surface area contributed by atoms with Gasteiger partial charge in [0.25, 0.3) is 5.91 Å². The predicted octanol–water partition coefficient (Wildman–Crippen LogP) is 6.57. The molecule has 0 atom stereocenters. The minimum atomic E-state index is -0.393. The molecule has 3 N–H and O–H groups in total. The van der Waals surface area contributed by atoms with Crippen molar-refractivity contribution in [3.05, 3.63) is 62.3 Å². The fourth-order valence-electron chi connectivity index (χ4n) is 4.18. The van der Waals surface area contributed by atoms with E-state index in [1.54, 1.807) is 6.92 Å². The second-order valence-electron chi connectivity index (χ2n) is 7.99. The number of nitrogens with two attached hydrogens (primary N) is 1. The molecule has 174 valence electrons. The number of esters is 1. The van der Waals surface area contributed by atoms with Crippen LogP contribution in [-0.4, -0.2) is 23.5 Å². The molecule has 6 nitrogen and oxygen atoms in total. The maximum absolute atomic E-state index is 13.3. The van der Waals surface area contributed by atoms with Crippen molar-refractivity contribution in [3.63, 3.8) is 0 Å². The summed E-state index contributed by atoms with van der Waals surface area (Å²) in [6.45, 7) is 2.06. The van der Waals surface area contributed by atoms with Gasteiger partial charge in [0.15, 0.2) is 0 Å². The van der Waals surface area contributed by atoms with Crippen molar-refractivity contribution < 1.29 is 14.3 Å². The number of nitrogens with zero attached hydrogens (tertiary/aromatic N) is 1. The van der Waals surface area contributed by atoms with Crippen LogP contribution in [0.2, 0.25) is 5.02 Å². The topological polar surface area (TPSA) is 94.3 Å². The Morgan fingerprint density at radius 1 is 1.12 bits per heavy atom. The number of amides is 1. The van der Waals surface area contributed by atoms with E-state index in [2.05, 4.69) is 5.32 Å². The number of nitrogens with one attached hydrogen (secondary N) is 1. The zero-order valence-corrected chi connectivity index (χ0v) is 20.8. The number of carbonyl (C=O) groups is 2. The fraction of sp³-hybridized carbons (Fsp3) is 0.240. The summed E-state index contributed by atoms with van der Waals surface area (Å²) in [5.74, 6) is -0.742. The number of benzene rings is 1. The Labute approximate surface area is 209 Å². The van der Waals surface area contributed by atoms with Gasteiger partial charge in [-0.25, -0.2) is 9.78 Å². The molecule has 3 aromatic heterocycles. The van der Waals surface area contributed by atoms with Gasteiger partial charge in [0.2, 0.25) is 0 Å². The first-order valence-electron chi connectivity index (χ1n) is 11.0. The van der Waals surface area contributed by atoms with Gasteiger partial charge in [-0.05, 0) is 62.4 Å². The van der Waals surface area contributed by atoms with Gasteiger partial charge in [-0.1, -0.05) is 23.7 Å². The van der Waals surface area contributed by atoms with Gasteiger partial charge in [-0.3, -0.25) is 4.79 Å². The Bertz CT molecular complexity index is 1410. The quantitative estimate of drug-likeness (QED) is 0.295. The smallest absolute Gasteiger partial charge is 0.341 e. The van der Waals surface area contributed by atoms with Gasteiger partial charge in [-0.15, -0.1) is 22.7 Å². The van der Waals surface area contributed by atoms with Crippen LogP contribution in [0.25, 0.3) is 21.5 Å². The predicted molar refractivity (Wildman–Crippen MR) is 139 cm³/mol. The lowest BCUT2D eigenvalue weighted by atomic mass is 9.95. The highest BCUT2D eigenvalue weighted by atomic mass is 35.5. The summed E-state index contributed by atoms with van der Waals surface area (Å²) in [4.78, 5) is 32.9. The van der Waals surface area contributed by atoms with E-state index < -0.39 is 5.97 Å². The number of ether oxygens (including phenoxy) is 1. The standard InChI is InChI=1S/C25H22ClN3O3S2/c1-2-32-25(31)19-15-5-3-4-6-18(15)33-24(19)29-22(30)21-20(27)16-11-12-17(28-23(16)34-21)13-7-9-14(26)10-8-13/h7-12H,2-6,27H2,1H3,(H,29,30). The van der Waals surface area contributed by atoms with Crippen LogP contribution in [0, 0.1) is 0 Å². The molecule has 1 aromatic carbocycles. The summed E-state index contributed by atoms with van der Waals surface area (Å²) in [6.07, 6.45) is 3.82. The van der Waals surface area contributed by atoms with E-state index in [9.17, 15) is 9.59 Å². The lowest BCUT2D eigenvalue weighted by Gasteiger charge is -2.12. The molecule has 0 radical (unpaired) electrons. The average molecular weight is 512 g/mol. The number of nitrogen functional groups attached to an aromatic ring is 1. The van der Waals surface area contributed by atoms with Crippen LogP contribution in [0.1, 0.15) is 50.2 Å². The van der Waals surface area contributed by atoms with Crippen LogP contribution in [-0.2, 0) is 17.6 Å². The molecule has 34 heavy (non-hydrogen) atoms. The van der Waals surface area contributed by atoms with E-state index in [-0.39, 0.29) is 12.5 Å². The molecular formula is C25H22ClN3O3S2. The Kier molecular flexibility index (Phi) is 6.29. The van der Waals surface area contributed by atoms with Gasteiger partial charge >= 0.3 is 5.97 Å². The molecule has 0 bridgehead atoms. The van der Waals surface area contributed by atoms with Crippen LogP contribution >= 0.6 is 34.3 Å². The summed E-state index contributed by atoms with van der Waals surface area (Å²) in [6, 6.07) is 11.2. The molecule has 9 heteroatoms. The number of rotatable bonds is 5. The number of hydrogen-bond acceptors (Lipinski definition) is 7. The number of fused-ring (bicyclic) bond motifs is 2. The molecule has 0 spiro atoms. The first kappa shape index (κ1) is 22.8. The number of hydrogen-bond donors (Lipinski definition) is 2. The van der Waals surface area contributed by atoms with E-state index in [0.29, 0.717) is 31.0 Å². The van der Waals surface area contributed by atoms with Crippen molar-refractivity contribution >= 4 is 67.1 Å². The second kappa shape index (κ2) is 9.37. The number of pyridine rings is 1. The van der Waals surface area contributed by atoms with E-state index in [0.717, 1.165) is 52.8 Å². The van der Waals surface area contributed by atoms with E-state index >= 15 is 0 Å². The van der Waals surface area contributed by atoms with E-state index in [4.69, 9.17) is 27.1 Å². The molecule has 1 amide bonds. The third-order valence-corrected chi connectivity index (χ3v) is 8.39. The number of aryl methyl sites for hydroxylation is 1. The summed E-state index contributed by atoms with van der Waals surface area (Å²) in [7, 11) is 0. The highest BCUT2D eigenvalue weighted by molar-refractivity contribution is 7.21. The molecule has 3 heterocycles. The molecule has 1 aliphatic carbocycles. The van der Waals surface area contributed by atoms with Gasteiger partial charge in [-0.2, -0.15) is 0 Å². The van der Waals surface area contributed by atoms with Gasteiger partial charge in [0.1, 0.15) is 14.7 Å².